The molecule has 0 saturated carbocycles. The molecule has 6 unspecified atom stereocenters. The van der Waals surface area contributed by atoms with Crippen molar-refractivity contribution in [1.29, 1.82) is 0 Å². The third-order valence-corrected chi connectivity index (χ3v) is 12.4. The summed E-state index contributed by atoms with van der Waals surface area (Å²) in [5, 5.41) is 18.9. The van der Waals surface area contributed by atoms with Crippen molar-refractivity contribution in [1.82, 2.24) is 0 Å². The van der Waals surface area contributed by atoms with Crippen molar-refractivity contribution >= 4 is 33.5 Å². The Morgan fingerprint density at radius 1 is 0.694 bits per heavy atom. The fourth-order valence-electron chi connectivity index (χ4n) is 5.26. The first kappa shape index (κ1) is 31.2. The van der Waals surface area contributed by atoms with Gasteiger partial charge in [-0.2, -0.15) is 0 Å². The van der Waals surface area contributed by atoms with Gasteiger partial charge in [0.2, 0.25) is 0 Å². The molecule has 2 aliphatic rings. The van der Waals surface area contributed by atoms with E-state index in [9.17, 15) is 28.2 Å². The van der Waals surface area contributed by atoms with Gasteiger partial charge in [0.15, 0.2) is 0 Å². The summed E-state index contributed by atoms with van der Waals surface area (Å²) in [4.78, 5) is 22.6. The van der Waals surface area contributed by atoms with E-state index in [1.807, 2.05) is 0 Å². The molecule has 2 N–H and O–H groups in total. The Morgan fingerprint density at radius 3 is 1.39 bits per heavy atom. The maximum atomic E-state index is 13.2. The Kier molecular flexibility index (Phi) is 12.3. The first-order valence-electron chi connectivity index (χ1n) is 13.8. The van der Waals surface area contributed by atoms with Gasteiger partial charge in [0.05, 0.1) is 21.3 Å². The summed E-state index contributed by atoms with van der Waals surface area (Å²) in [5.41, 5.74) is -1.42. The molecule has 2 heterocycles. The molecule has 6 nitrogen and oxygen atoms in total. The smallest absolute Gasteiger partial charge is 0.309 e. The fourth-order valence-corrected chi connectivity index (χ4v) is 9.13. The van der Waals surface area contributed by atoms with E-state index in [-0.39, 0.29) is 21.0 Å². The van der Waals surface area contributed by atoms with Crippen LogP contribution in [0.5, 0.6) is 0 Å². The molecule has 2 aliphatic heterocycles. The summed E-state index contributed by atoms with van der Waals surface area (Å²) in [7, 11) is -1.88. The van der Waals surface area contributed by atoms with Gasteiger partial charge in [-0.3, -0.25) is 18.0 Å². The monoisotopic (exact) mass is 544 g/mol. The van der Waals surface area contributed by atoms with Crippen molar-refractivity contribution < 1.29 is 28.2 Å². The average molecular weight is 545 g/mol. The van der Waals surface area contributed by atoms with Crippen molar-refractivity contribution in [3.8, 4) is 0 Å². The zero-order valence-corrected chi connectivity index (χ0v) is 24.3. The van der Waals surface area contributed by atoms with Gasteiger partial charge in [-0.1, -0.05) is 50.7 Å². The fraction of sp³-hybridized carbons (Fsp3) is 0.857. The predicted molar refractivity (Wildman–Crippen MR) is 148 cm³/mol. The van der Waals surface area contributed by atoms with Crippen LogP contribution in [0.15, 0.2) is 12.2 Å². The molecule has 0 amide bonds. The van der Waals surface area contributed by atoms with Crippen molar-refractivity contribution in [2.45, 2.75) is 139 Å². The molecule has 6 atom stereocenters. The van der Waals surface area contributed by atoms with E-state index in [0.717, 1.165) is 77.0 Å². The number of aliphatic carboxylic acids is 2. The van der Waals surface area contributed by atoms with Crippen molar-refractivity contribution in [3.05, 3.63) is 12.2 Å². The molecule has 208 valence electrons. The number of unbranched alkanes of at least 4 members (excludes halogenated alkanes) is 2. The third kappa shape index (κ3) is 9.38. The van der Waals surface area contributed by atoms with Crippen LogP contribution in [0, 0.1) is 10.8 Å². The highest BCUT2D eigenvalue weighted by Crippen LogP contribution is 2.32. The zero-order valence-electron chi connectivity index (χ0n) is 22.7. The van der Waals surface area contributed by atoms with E-state index in [2.05, 4.69) is 12.2 Å². The molecule has 0 aliphatic carbocycles. The van der Waals surface area contributed by atoms with Gasteiger partial charge in [-0.25, -0.2) is 0 Å². The first-order chi connectivity index (χ1) is 16.8. The van der Waals surface area contributed by atoms with Crippen LogP contribution >= 0.6 is 0 Å². The average Bonchev–Trinajstić information content (AvgIpc) is 2.81. The highest BCUT2D eigenvalue weighted by Gasteiger charge is 2.32. The molecule has 0 aromatic carbocycles. The first-order valence-corrected chi connectivity index (χ1v) is 16.3. The number of carboxylic acid groups (broad SMARTS) is 2. The van der Waals surface area contributed by atoms with E-state index in [1.54, 1.807) is 27.7 Å². The van der Waals surface area contributed by atoms with Gasteiger partial charge in [0, 0.05) is 32.1 Å². The molecule has 2 fully saturated rings. The van der Waals surface area contributed by atoms with Crippen LogP contribution in [0.3, 0.4) is 0 Å². The van der Waals surface area contributed by atoms with Crippen molar-refractivity contribution in [2.24, 2.45) is 10.8 Å². The Labute approximate surface area is 223 Å². The SMILES string of the molecule is CC(C)(CCCCC1CCCC(/C=C/C2CCCC(CCCCC(C)(C)C(=O)O)S2=O)S1=O)C(=O)O. The van der Waals surface area contributed by atoms with E-state index in [4.69, 9.17) is 0 Å². The number of hydrogen-bond donors (Lipinski definition) is 2. The molecule has 2 saturated heterocycles. The Hall–Kier alpha value is -1.02. The van der Waals surface area contributed by atoms with E-state index in [0.29, 0.717) is 12.8 Å². The molecular formula is C28H48O6S2. The lowest BCUT2D eigenvalue weighted by Gasteiger charge is -2.29. The van der Waals surface area contributed by atoms with Crippen LogP contribution in [0.2, 0.25) is 0 Å². The Balaban J connectivity index is 1.80. The third-order valence-electron chi connectivity index (χ3n) is 8.14. The lowest BCUT2D eigenvalue weighted by molar-refractivity contribution is -0.148. The van der Waals surface area contributed by atoms with Gasteiger partial charge in [0.1, 0.15) is 0 Å². The van der Waals surface area contributed by atoms with E-state index < -0.39 is 44.4 Å². The van der Waals surface area contributed by atoms with E-state index in [1.165, 1.54) is 0 Å². The summed E-state index contributed by atoms with van der Waals surface area (Å²) in [6.07, 6.45) is 16.5. The molecule has 0 radical (unpaired) electrons. The lowest BCUT2D eigenvalue weighted by atomic mass is 9.87. The number of rotatable bonds is 14. The summed E-state index contributed by atoms with van der Waals surface area (Å²) < 4.78 is 26.4. The minimum Gasteiger partial charge on any atom is -0.481 e. The molecule has 0 aromatic rings. The summed E-state index contributed by atoms with van der Waals surface area (Å²) in [6, 6.07) is 0. The second-order valence-corrected chi connectivity index (χ2v) is 16.0. The van der Waals surface area contributed by atoms with Gasteiger partial charge in [0.25, 0.3) is 0 Å². The van der Waals surface area contributed by atoms with Gasteiger partial charge < -0.3 is 10.2 Å². The minimum atomic E-state index is -0.942. The highest BCUT2D eigenvalue weighted by atomic mass is 32.2. The topological polar surface area (TPSA) is 109 Å². The zero-order chi connectivity index (χ0) is 26.9. The minimum absolute atomic E-state index is 0.0230. The quantitative estimate of drug-likeness (QED) is 0.198. The van der Waals surface area contributed by atoms with Crippen LogP contribution in [0.1, 0.15) is 118 Å². The molecule has 2 rings (SSSR count). The van der Waals surface area contributed by atoms with E-state index >= 15 is 0 Å². The molecular weight excluding hydrogens is 496 g/mol. The molecule has 0 aromatic heterocycles. The van der Waals surface area contributed by atoms with Gasteiger partial charge in [-0.05, 0) is 79.1 Å². The predicted octanol–water partition coefficient (Wildman–Crippen LogP) is 6.22. The maximum absolute atomic E-state index is 13.2. The lowest BCUT2D eigenvalue weighted by Crippen LogP contribution is -2.32. The second kappa shape index (κ2) is 14.2. The maximum Gasteiger partial charge on any atom is 0.309 e. The molecule has 8 heteroatoms. The standard InChI is InChI=1S/C28H48O6S2/c1-27(2,25(29)30)19-7-5-11-21-13-9-15-23(35(21)33)17-18-24-16-10-14-22(36(24)34)12-6-8-20-28(3,4)26(31)32/h17-18,21-24H,5-16,19-20H2,1-4H3,(H,29,30)(H,31,32)/b18-17+. The van der Waals surface area contributed by atoms with Gasteiger partial charge >= 0.3 is 11.9 Å². The Morgan fingerprint density at radius 2 is 1.06 bits per heavy atom. The highest BCUT2D eigenvalue weighted by molar-refractivity contribution is 7.86. The summed E-state index contributed by atoms with van der Waals surface area (Å²) in [5.74, 6) is -1.53. The normalized spacial score (nSPS) is 29.9. The molecule has 36 heavy (non-hydrogen) atoms. The summed E-state index contributed by atoms with van der Waals surface area (Å²) >= 11 is 0. The summed E-state index contributed by atoms with van der Waals surface area (Å²) in [6.45, 7) is 7.04. The van der Waals surface area contributed by atoms with Crippen molar-refractivity contribution in [2.75, 3.05) is 0 Å². The van der Waals surface area contributed by atoms with Crippen LogP contribution in [-0.4, -0.2) is 51.6 Å². The Bertz CT molecular complexity index is 753. The van der Waals surface area contributed by atoms with Crippen LogP contribution in [0.25, 0.3) is 0 Å². The van der Waals surface area contributed by atoms with Crippen molar-refractivity contribution in [3.63, 3.8) is 0 Å². The van der Waals surface area contributed by atoms with Crippen LogP contribution in [0.4, 0.5) is 0 Å². The molecule has 0 spiro atoms. The van der Waals surface area contributed by atoms with Crippen LogP contribution in [-0.2, 0) is 31.2 Å². The van der Waals surface area contributed by atoms with Crippen LogP contribution < -0.4 is 0 Å². The number of carboxylic acids is 2. The van der Waals surface area contributed by atoms with Gasteiger partial charge in [-0.15, -0.1) is 0 Å². The number of hydrogen-bond acceptors (Lipinski definition) is 4. The number of carbonyl (C=O) groups is 2. The largest absolute Gasteiger partial charge is 0.481 e. The molecule has 0 bridgehead atoms. The second-order valence-electron chi connectivity index (χ2n) is 12.1.